The van der Waals surface area contributed by atoms with Gasteiger partial charge >= 0.3 is 0 Å². The molecule has 0 saturated heterocycles. The summed E-state index contributed by atoms with van der Waals surface area (Å²) >= 11 is 0. The molecule has 122 valence electrons. The first-order valence-electron chi connectivity index (χ1n) is 8.04. The van der Waals surface area contributed by atoms with Crippen LogP contribution < -0.4 is 0 Å². The van der Waals surface area contributed by atoms with Crippen LogP contribution in [-0.4, -0.2) is 24.7 Å². The van der Waals surface area contributed by atoms with Crippen LogP contribution in [-0.2, 0) is 9.26 Å². The summed E-state index contributed by atoms with van der Waals surface area (Å²) in [4.78, 5) is 6.50. The maximum absolute atomic E-state index is 12.4. The summed E-state index contributed by atoms with van der Waals surface area (Å²) in [5.74, 6) is -0.622. The van der Waals surface area contributed by atoms with Crippen molar-refractivity contribution in [2.45, 2.75) is 64.0 Å². The van der Waals surface area contributed by atoms with E-state index in [2.05, 4.69) is 19.6 Å². The van der Waals surface area contributed by atoms with E-state index >= 15 is 0 Å². The van der Waals surface area contributed by atoms with Gasteiger partial charge in [0.25, 0.3) is 0 Å². The van der Waals surface area contributed by atoms with E-state index in [1.807, 2.05) is 13.0 Å². The Balaban J connectivity index is 2.05. The fraction of sp³-hybridized carbons (Fsp3) is 0.688. The number of hydrogen-bond donors (Lipinski definition) is 0. The van der Waals surface area contributed by atoms with Crippen LogP contribution in [0, 0.1) is 11.1 Å². The SMILES string of the molecule is CC1=[N+]([O-])OC2(O[Si](C)(C)C)CCCCC2C1c1ccoc1. The molecule has 1 aliphatic heterocycles. The van der Waals surface area contributed by atoms with Crippen molar-refractivity contribution < 1.29 is 18.6 Å². The van der Waals surface area contributed by atoms with E-state index < -0.39 is 14.1 Å². The molecule has 1 fully saturated rings. The van der Waals surface area contributed by atoms with Gasteiger partial charge in [-0.3, -0.25) is 5.21 Å². The number of hydrogen-bond acceptors (Lipinski definition) is 4. The average molecular weight is 323 g/mol. The highest BCUT2D eigenvalue weighted by Gasteiger charge is 2.54. The van der Waals surface area contributed by atoms with Crippen molar-refractivity contribution in [1.29, 1.82) is 0 Å². The molecule has 1 saturated carbocycles. The van der Waals surface area contributed by atoms with E-state index in [4.69, 9.17) is 13.7 Å². The molecule has 1 aromatic heterocycles. The van der Waals surface area contributed by atoms with Crippen LogP contribution in [0.4, 0.5) is 0 Å². The zero-order valence-electron chi connectivity index (χ0n) is 13.8. The largest absolute Gasteiger partial charge is 0.472 e. The van der Waals surface area contributed by atoms with E-state index in [1.54, 1.807) is 12.5 Å². The van der Waals surface area contributed by atoms with Crippen molar-refractivity contribution in [2.75, 3.05) is 0 Å². The predicted molar refractivity (Wildman–Crippen MR) is 86.0 cm³/mol. The zero-order chi connectivity index (χ0) is 16.0. The first kappa shape index (κ1) is 15.6. The molecular weight excluding hydrogens is 298 g/mol. The monoisotopic (exact) mass is 323 g/mol. The molecule has 2 heterocycles. The van der Waals surface area contributed by atoms with Gasteiger partial charge in [-0.2, -0.15) is 0 Å². The topological polar surface area (TPSA) is 57.7 Å². The maximum atomic E-state index is 12.4. The molecule has 1 aliphatic carbocycles. The standard InChI is InChI=1S/C16H25NO4Si/c1-12-15(13-8-10-19-11-13)14-7-5-6-9-16(14,20-17(12)18)21-22(2,3)4/h8,10-11,14-15H,5-7,9H2,1-4H3. The highest BCUT2D eigenvalue weighted by atomic mass is 28.4. The lowest BCUT2D eigenvalue weighted by molar-refractivity contribution is -0.791. The van der Waals surface area contributed by atoms with E-state index in [1.165, 1.54) is 0 Å². The molecule has 0 bridgehead atoms. The normalized spacial score (nSPS) is 32.5. The quantitative estimate of drug-likeness (QED) is 0.623. The highest BCUT2D eigenvalue weighted by molar-refractivity contribution is 6.69. The van der Waals surface area contributed by atoms with Crippen molar-refractivity contribution >= 4 is 14.0 Å². The van der Waals surface area contributed by atoms with E-state index in [-0.39, 0.29) is 11.8 Å². The fourth-order valence-corrected chi connectivity index (χ4v) is 5.21. The Hall–Kier alpha value is -1.27. The molecule has 3 unspecified atom stereocenters. The molecule has 5 nitrogen and oxygen atoms in total. The lowest BCUT2D eigenvalue weighted by atomic mass is 9.71. The molecule has 2 aliphatic rings. The smallest absolute Gasteiger partial charge is 0.226 e. The van der Waals surface area contributed by atoms with Crippen LogP contribution in [0.25, 0.3) is 0 Å². The van der Waals surface area contributed by atoms with Gasteiger partial charge in [-0.05, 0) is 45.0 Å². The van der Waals surface area contributed by atoms with Gasteiger partial charge in [0, 0.05) is 23.3 Å². The fourth-order valence-electron chi connectivity index (χ4n) is 3.88. The van der Waals surface area contributed by atoms with E-state index in [9.17, 15) is 5.21 Å². The van der Waals surface area contributed by atoms with Crippen molar-refractivity contribution in [2.24, 2.45) is 5.92 Å². The second-order valence-corrected chi connectivity index (χ2v) is 11.8. The molecule has 0 N–H and O–H groups in total. The van der Waals surface area contributed by atoms with Gasteiger partial charge in [-0.25, -0.2) is 0 Å². The summed E-state index contributed by atoms with van der Waals surface area (Å²) in [6.07, 6.45) is 7.36. The molecular formula is C16H25NO4Si. The Kier molecular flexibility index (Phi) is 3.85. The maximum Gasteiger partial charge on any atom is 0.226 e. The highest BCUT2D eigenvalue weighted by Crippen LogP contribution is 2.49. The van der Waals surface area contributed by atoms with Gasteiger partial charge in [0.05, 0.1) is 18.4 Å². The second kappa shape index (κ2) is 5.42. The summed E-state index contributed by atoms with van der Waals surface area (Å²) in [5.41, 5.74) is 1.72. The number of furan rings is 1. The summed E-state index contributed by atoms with van der Waals surface area (Å²) in [6.45, 7) is 8.27. The number of nitrogens with zero attached hydrogens (tertiary/aromatic N) is 1. The van der Waals surface area contributed by atoms with Gasteiger partial charge in [0.2, 0.25) is 5.71 Å². The minimum absolute atomic E-state index is 0.00153. The number of fused-ring (bicyclic) bond motifs is 1. The van der Waals surface area contributed by atoms with Crippen LogP contribution in [0.2, 0.25) is 19.6 Å². The third kappa shape index (κ3) is 2.70. The molecule has 1 aromatic rings. The van der Waals surface area contributed by atoms with Crippen LogP contribution >= 0.6 is 0 Å². The summed E-state index contributed by atoms with van der Waals surface area (Å²) < 4.78 is 11.7. The van der Waals surface area contributed by atoms with Gasteiger partial charge in [-0.15, -0.1) is 0 Å². The molecule has 6 heteroatoms. The molecule has 0 amide bonds. The van der Waals surface area contributed by atoms with Crippen molar-refractivity contribution in [3.05, 3.63) is 29.4 Å². The lowest BCUT2D eigenvalue weighted by Crippen LogP contribution is -2.58. The van der Waals surface area contributed by atoms with Crippen molar-refractivity contribution in [3.8, 4) is 0 Å². The second-order valence-electron chi connectivity index (χ2n) is 7.40. The summed E-state index contributed by atoms with van der Waals surface area (Å²) in [5, 5.41) is 12.4. The molecule has 3 rings (SSSR count). The predicted octanol–water partition coefficient (Wildman–Crippen LogP) is 4.02. The first-order chi connectivity index (χ1) is 10.3. The Labute approximate surface area is 132 Å². The van der Waals surface area contributed by atoms with Gasteiger partial charge in [-0.1, -0.05) is 6.42 Å². The van der Waals surface area contributed by atoms with E-state index in [0.29, 0.717) is 10.6 Å². The third-order valence-corrected chi connectivity index (χ3v) is 5.57. The molecule has 22 heavy (non-hydrogen) atoms. The number of rotatable bonds is 3. The molecule has 0 radical (unpaired) electrons. The van der Waals surface area contributed by atoms with Crippen molar-refractivity contribution in [1.82, 2.24) is 0 Å². The molecule has 3 atom stereocenters. The Morgan fingerprint density at radius 2 is 2.14 bits per heavy atom. The van der Waals surface area contributed by atoms with Crippen LogP contribution in [0.3, 0.4) is 0 Å². The van der Waals surface area contributed by atoms with E-state index in [0.717, 1.165) is 31.2 Å². The lowest BCUT2D eigenvalue weighted by Gasteiger charge is -2.52. The molecule has 0 spiro atoms. The Morgan fingerprint density at radius 3 is 2.77 bits per heavy atom. The summed E-state index contributed by atoms with van der Waals surface area (Å²) in [7, 11) is -1.85. The van der Waals surface area contributed by atoms with Crippen LogP contribution in [0.5, 0.6) is 0 Å². The van der Waals surface area contributed by atoms with Gasteiger partial charge < -0.3 is 13.7 Å². The summed E-state index contributed by atoms with van der Waals surface area (Å²) in [6, 6.07) is 1.95. The zero-order valence-corrected chi connectivity index (χ0v) is 14.8. The average Bonchev–Trinajstić information content (AvgIpc) is 2.92. The van der Waals surface area contributed by atoms with Crippen LogP contribution in [0.15, 0.2) is 23.0 Å². The van der Waals surface area contributed by atoms with Crippen molar-refractivity contribution in [3.63, 3.8) is 0 Å². The first-order valence-corrected chi connectivity index (χ1v) is 11.5. The Bertz CT molecular complexity index is 563. The van der Waals surface area contributed by atoms with Crippen LogP contribution in [0.1, 0.15) is 44.1 Å². The minimum atomic E-state index is -1.85. The molecule has 0 aromatic carbocycles. The van der Waals surface area contributed by atoms with Gasteiger partial charge in [0.15, 0.2) is 14.1 Å². The van der Waals surface area contributed by atoms with Gasteiger partial charge in [0.1, 0.15) is 0 Å². The third-order valence-electron chi connectivity index (χ3n) is 4.61. The Morgan fingerprint density at radius 1 is 1.36 bits per heavy atom. The minimum Gasteiger partial charge on any atom is -0.472 e.